The highest BCUT2D eigenvalue weighted by molar-refractivity contribution is 5.72. The van der Waals surface area contributed by atoms with E-state index in [0.717, 1.165) is 0 Å². The van der Waals surface area contributed by atoms with Crippen molar-refractivity contribution in [2.45, 2.75) is 0 Å². The Morgan fingerprint density at radius 3 is 1.76 bits per heavy atom. The minimum atomic E-state index is -0.158. The molecule has 0 aliphatic carbocycles. The third kappa shape index (κ3) is 1.81. The normalized spacial score (nSPS) is 7.71. The van der Waals surface area contributed by atoms with Crippen LogP contribution in [0.25, 0.3) is 0 Å². The predicted molar refractivity (Wildman–Crippen MR) is 54.3 cm³/mol. The summed E-state index contributed by atoms with van der Waals surface area (Å²) in [5.41, 5.74) is -0.269. The minimum absolute atomic E-state index is 0.00644. The number of nitriles is 5. The highest BCUT2D eigenvalue weighted by atomic mass is 15.1. The van der Waals surface area contributed by atoms with Crippen molar-refractivity contribution in [3.05, 3.63) is 28.8 Å². The van der Waals surface area contributed by atoms with Gasteiger partial charge in [0.25, 0.3) is 0 Å². The number of nitrogens with zero attached hydrogens (tertiary/aromatic N) is 6. The van der Waals surface area contributed by atoms with Gasteiger partial charge in [-0.2, -0.15) is 31.2 Å². The molecule has 6 heteroatoms. The second-order valence-electron chi connectivity index (χ2n) is 2.75. The van der Waals surface area contributed by atoms with Gasteiger partial charge in [-0.1, -0.05) is 0 Å². The van der Waals surface area contributed by atoms with E-state index in [0.29, 0.717) is 4.90 Å². The van der Waals surface area contributed by atoms with Crippen molar-refractivity contribution >= 4 is 5.69 Å². The fourth-order valence-corrected chi connectivity index (χ4v) is 1.23. The molecule has 76 valence electrons. The molecular weight excluding hydrogens is 216 g/mol. The van der Waals surface area contributed by atoms with Gasteiger partial charge in [-0.25, -0.2) is 0 Å². The molecule has 1 rings (SSSR count). The van der Waals surface area contributed by atoms with E-state index in [1.807, 2.05) is 0 Å². The van der Waals surface area contributed by atoms with E-state index in [1.54, 1.807) is 30.6 Å². The summed E-state index contributed by atoms with van der Waals surface area (Å²) in [7, 11) is 0. The van der Waals surface area contributed by atoms with Gasteiger partial charge in [0.2, 0.25) is 0 Å². The molecule has 1 aromatic carbocycles. The summed E-state index contributed by atoms with van der Waals surface area (Å²) in [4.78, 5) is 0.598. The van der Waals surface area contributed by atoms with Crippen molar-refractivity contribution in [2.75, 3.05) is 4.90 Å². The van der Waals surface area contributed by atoms with Gasteiger partial charge in [0.15, 0.2) is 12.4 Å². The second-order valence-corrected chi connectivity index (χ2v) is 2.75. The Morgan fingerprint density at radius 1 is 0.765 bits per heavy atom. The zero-order valence-electron chi connectivity index (χ0n) is 8.34. The lowest BCUT2D eigenvalue weighted by Gasteiger charge is -2.08. The number of rotatable bonds is 1. The van der Waals surface area contributed by atoms with E-state index < -0.39 is 0 Å². The molecule has 0 bridgehead atoms. The summed E-state index contributed by atoms with van der Waals surface area (Å²) in [5.74, 6) is 0. The average Bonchev–Trinajstić information content (AvgIpc) is 2.39. The van der Waals surface area contributed by atoms with Gasteiger partial charge >= 0.3 is 0 Å². The zero-order chi connectivity index (χ0) is 12.8. The lowest BCUT2D eigenvalue weighted by atomic mass is 10.0. The van der Waals surface area contributed by atoms with Crippen molar-refractivity contribution in [1.82, 2.24) is 0 Å². The van der Waals surface area contributed by atoms with E-state index in [4.69, 9.17) is 26.3 Å². The van der Waals surface area contributed by atoms with E-state index in [-0.39, 0.29) is 22.4 Å². The summed E-state index contributed by atoms with van der Waals surface area (Å²) in [5, 5.41) is 43.9. The molecule has 0 aliphatic rings. The summed E-state index contributed by atoms with van der Waals surface area (Å²) >= 11 is 0. The Labute approximate surface area is 97.0 Å². The van der Waals surface area contributed by atoms with E-state index >= 15 is 0 Å². The maximum Gasteiger partial charge on any atom is 0.198 e. The summed E-state index contributed by atoms with van der Waals surface area (Å²) in [6.07, 6.45) is 3.12. The number of benzene rings is 1. The molecule has 6 nitrogen and oxygen atoms in total. The summed E-state index contributed by atoms with van der Waals surface area (Å²) in [6, 6.07) is 7.78. The topological polar surface area (TPSA) is 122 Å². The predicted octanol–water partition coefficient (Wildman–Crippen LogP) is 1.07. The Morgan fingerprint density at radius 2 is 1.35 bits per heavy atom. The molecule has 0 aromatic heterocycles. The number of anilines is 1. The molecule has 0 fully saturated rings. The van der Waals surface area contributed by atoms with Gasteiger partial charge in [-0.05, 0) is 12.1 Å². The first-order valence-corrected chi connectivity index (χ1v) is 4.20. The smallest absolute Gasteiger partial charge is 0.192 e. The zero-order valence-corrected chi connectivity index (χ0v) is 8.34. The molecule has 0 N–H and O–H groups in total. The van der Waals surface area contributed by atoms with Gasteiger partial charge in [0.1, 0.15) is 18.2 Å². The molecule has 0 atom stereocenters. The van der Waals surface area contributed by atoms with Crippen LogP contribution in [0, 0.1) is 56.9 Å². The van der Waals surface area contributed by atoms with Crippen LogP contribution in [0.2, 0.25) is 0 Å². The SMILES string of the molecule is N#Cc1ccc(N(C#N)C#N)c(C#N)c1C#N. The maximum absolute atomic E-state index is 8.93. The van der Waals surface area contributed by atoms with Gasteiger partial charge in [-0.15, -0.1) is 0 Å². The van der Waals surface area contributed by atoms with Crippen LogP contribution in [0.15, 0.2) is 12.1 Å². The second kappa shape index (κ2) is 4.81. The quantitative estimate of drug-likeness (QED) is 0.513. The van der Waals surface area contributed by atoms with Crippen molar-refractivity contribution in [3.63, 3.8) is 0 Å². The Kier molecular flexibility index (Phi) is 3.27. The van der Waals surface area contributed by atoms with Crippen molar-refractivity contribution in [1.29, 1.82) is 26.3 Å². The summed E-state index contributed by atoms with van der Waals surface area (Å²) < 4.78 is 0. The largest absolute Gasteiger partial charge is 0.198 e. The Hall–Kier alpha value is -3.53. The third-order valence-corrected chi connectivity index (χ3v) is 1.97. The molecular formula is C11H2N6. The monoisotopic (exact) mass is 218 g/mol. The molecule has 1 aromatic rings. The lowest BCUT2D eigenvalue weighted by molar-refractivity contribution is 1.24. The molecule has 0 unspecified atom stereocenters. The molecule has 0 aliphatic heterocycles. The van der Waals surface area contributed by atoms with Crippen LogP contribution in [-0.2, 0) is 0 Å². The van der Waals surface area contributed by atoms with Crippen LogP contribution in [0.5, 0.6) is 0 Å². The molecule has 0 saturated carbocycles. The van der Waals surface area contributed by atoms with Crippen LogP contribution in [0.3, 0.4) is 0 Å². The van der Waals surface area contributed by atoms with Crippen LogP contribution in [0.4, 0.5) is 5.69 Å². The van der Waals surface area contributed by atoms with E-state index in [2.05, 4.69) is 0 Å². The molecule has 0 spiro atoms. The van der Waals surface area contributed by atoms with Gasteiger partial charge in [-0.3, -0.25) is 0 Å². The number of hydrogen-bond acceptors (Lipinski definition) is 6. The van der Waals surface area contributed by atoms with Crippen molar-refractivity contribution < 1.29 is 0 Å². The Balaban J connectivity index is 3.67. The van der Waals surface area contributed by atoms with Crippen LogP contribution in [-0.4, -0.2) is 0 Å². The van der Waals surface area contributed by atoms with Gasteiger partial charge in [0.05, 0.1) is 22.4 Å². The van der Waals surface area contributed by atoms with Gasteiger partial charge < -0.3 is 0 Å². The maximum atomic E-state index is 8.93. The highest BCUT2D eigenvalue weighted by Gasteiger charge is 2.17. The van der Waals surface area contributed by atoms with Crippen LogP contribution >= 0.6 is 0 Å². The van der Waals surface area contributed by atoms with E-state index in [1.165, 1.54) is 12.1 Å². The average molecular weight is 218 g/mol. The highest BCUT2D eigenvalue weighted by Crippen LogP contribution is 2.24. The van der Waals surface area contributed by atoms with Gasteiger partial charge in [0, 0.05) is 0 Å². The van der Waals surface area contributed by atoms with Crippen molar-refractivity contribution in [3.8, 4) is 30.6 Å². The first-order valence-electron chi connectivity index (χ1n) is 4.20. The minimum Gasteiger partial charge on any atom is -0.192 e. The van der Waals surface area contributed by atoms with Crippen LogP contribution in [0.1, 0.15) is 16.7 Å². The first-order chi connectivity index (χ1) is 8.23. The Bertz CT molecular complexity index is 655. The summed E-state index contributed by atoms with van der Waals surface area (Å²) in [6.45, 7) is 0. The molecule has 0 radical (unpaired) electrons. The fraction of sp³-hybridized carbons (Fsp3) is 0. The third-order valence-electron chi connectivity index (χ3n) is 1.97. The van der Waals surface area contributed by atoms with E-state index in [9.17, 15) is 0 Å². The van der Waals surface area contributed by atoms with Crippen LogP contribution < -0.4 is 4.90 Å². The lowest BCUT2D eigenvalue weighted by Crippen LogP contribution is -2.10. The fourth-order valence-electron chi connectivity index (χ4n) is 1.23. The molecule has 0 amide bonds. The molecule has 0 saturated heterocycles. The standard InChI is InChI=1S/C11H2N6/c12-3-8-1-2-11(17(6-15)7-16)10(5-14)9(8)4-13/h1-2H. The molecule has 0 heterocycles. The molecule has 17 heavy (non-hydrogen) atoms. The van der Waals surface area contributed by atoms with Crippen molar-refractivity contribution in [2.24, 2.45) is 0 Å². The number of hydrogen-bond donors (Lipinski definition) is 0. The first kappa shape index (κ1) is 11.5.